The van der Waals surface area contributed by atoms with Crippen LogP contribution in [-0.4, -0.2) is 40.5 Å². The van der Waals surface area contributed by atoms with Crippen LogP contribution in [-0.2, 0) is 25.7 Å². The quantitative estimate of drug-likeness (QED) is 0.308. The van der Waals surface area contributed by atoms with Crippen molar-refractivity contribution in [1.29, 1.82) is 0 Å². The van der Waals surface area contributed by atoms with Crippen LogP contribution < -0.4 is 5.32 Å². The zero-order valence-electron chi connectivity index (χ0n) is 15.8. The second-order valence-corrected chi connectivity index (χ2v) is 6.88. The van der Waals surface area contributed by atoms with Gasteiger partial charge in [0, 0.05) is 6.42 Å². The molecule has 1 aromatic carbocycles. The van der Waals surface area contributed by atoms with Crippen LogP contribution >= 0.6 is 0 Å². The minimum atomic E-state index is -0.960. The first-order valence-electron chi connectivity index (χ1n) is 8.61. The number of amides is 1. The van der Waals surface area contributed by atoms with Crippen molar-refractivity contribution in [3.8, 4) is 0 Å². The third-order valence-corrected chi connectivity index (χ3v) is 3.34. The van der Waals surface area contributed by atoms with Gasteiger partial charge in [0.2, 0.25) is 0 Å². The number of esters is 1. The molecule has 0 heterocycles. The summed E-state index contributed by atoms with van der Waals surface area (Å²) in [6, 6.07) is 8.31. The second kappa shape index (κ2) is 10.9. The molecule has 0 aliphatic rings. The predicted octanol–water partition coefficient (Wildman–Crippen LogP) is 2.66. The summed E-state index contributed by atoms with van der Waals surface area (Å²) in [4.78, 5) is 38.3. The standard InChI is InChI=1S/C19H25N3O5/c1-19(2,3)27-18(25)22-15(16(23)12-21-20)10-7-11-17(24)26-13-14-8-5-4-6-9-14/h4-6,8-9,12,15H,7,10-11,13H2,1-3H3,(H,22,25)/t15-/m0/s1. The summed E-state index contributed by atoms with van der Waals surface area (Å²) in [6.45, 7) is 5.26. The number of nitrogens with one attached hydrogen (secondary N) is 1. The summed E-state index contributed by atoms with van der Waals surface area (Å²) in [6.07, 6.45) is 0.501. The maximum atomic E-state index is 11.9. The van der Waals surface area contributed by atoms with Gasteiger partial charge in [0.25, 0.3) is 5.78 Å². The van der Waals surface area contributed by atoms with Crippen LogP contribution in [0.1, 0.15) is 45.6 Å². The van der Waals surface area contributed by atoms with Crippen molar-refractivity contribution >= 4 is 24.1 Å². The van der Waals surface area contributed by atoms with Crippen molar-refractivity contribution in [2.75, 3.05) is 0 Å². The number of hydrogen-bond donors (Lipinski definition) is 1. The molecule has 0 saturated heterocycles. The Labute approximate surface area is 158 Å². The Morgan fingerprint density at radius 3 is 2.48 bits per heavy atom. The zero-order chi connectivity index (χ0) is 20.3. The summed E-state index contributed by atoms with van der Waals surface area (Å²) in [5.41, 5.74) is 8.69. The fourth-order valence-electron chi connectivity index (χ4n) is 2.14. The Kier molecular flexibility index (Phi) is 8.89. The van der Waals surface area contributed by atoms with Crippen molar-refractivity contribution in [2.24, 2.45) is 0 Å². The van der Waals surface area contributed by atoms with Crippen LogP contribution in [0, 0.1) is 0 Å². The van der Waals surface area contributed by atoms with Gasteiger partial charge in [0.05, 0.1) is 0 Å². The van der Waals surface area contributed by atoms with Crippen molar-refractivity contribution in [2.45, 2.75) is 58.3 Å². The molecule has 0 fully saturated rings. The van der Waals surface area contributed by atoms with E-state index in [0.29, 0.717) is 12.6 Å². The molecule has 8 nitrogen and oxygen atoms in total. The minimum absolute atomic E-state index is 0.0862. The normalized spacial score (nSPS) is 11.7. The Morgan fingerprint density at radius 2 is 1.89 bits per heavy atom. The Bertz CT molecular complexity index is 691. The molecule has 1 rings (SSSR count). The third kappa shape index (κ3) is 9.91. The molecule has 0 aliphatic carbocycles. The molecule has 1 N–H and O–H groups in total. The highest BCUT2D eigenvalue weighted by Crippen LogP contribution is 2.09. The van der Waals surface area contributed by atoms with E-state index < -0.39 is 29.5 Å². The molecule has 0 radical (unpaired) electrons. The van der Waals surface area contributed by atoms with E-state index in [0.717, 1.165) is 5.56 Å². The summed E-state index contributed by atoms with van der Waals surface area (Å²) < 4.78 is 10.3. The SMILES string of the molecule is CC(C)(C)OC(=O)N[C@@H](CCCC(=O)OCc1ccccc1)C(=O)C=[N+]=[N-]. The summed E-state index contributed by atoms with van der Waals surface area (Å²) in [5, 5.41) is 2.42. The van der Waals surface area contributed by atoms with Crippen molar-refractivity contribution in [3.63, 3.8) is 0 Å². The molecule has 0 saturated carbocycles. The number of alkyl carbamates (subject to hydrolysis) is 1. The molecule has 0 aliphatic heterocycles. The fourth-order valence-corrected chi connectivity index (χ4v) is 2.14. The average molecular weight is 375 g/mol. The lowest BCUT2D eigenvalue weighted by atomic mass is 10.1. The number of benzene rings is 1. The van der Waals surface area contributed by atoms with Gasteiger partial charge in [-0.05, 0) is 39.2 Å². The number of carbonyl (C=O) groups is 3. The molecule has 27 heavy (non-hydrogen) atoms. The largest absolute Gasteiger partial charge is 0.461 e. The van der Waals surface area contributed by atoms with Crippen LogP contribution in [0.3, 0.4) is 0 Å². The van der Waals surface area contributed by atoms with Crippen LogP contribution in [0.25, 0.3) is 5.53 Å². The number of Topliss-reactive ketones (excluding diaryl/α,β-unsaturated/α-hetero) is 1. The first-order valence-corrected chi connectivity index (χ1v) is 8.61. The van der Waals surface area contributed by atoms with Crippen LogP contribution in [0.2, 0.25) is 0 Å². The number of ketones is 1. The van der Waals surface area contributed by atoms with Crippen molar-refractivity contribution in [3.05, 3.63) is 41.4 Å². The number of nitrogens with zero attached hydrogens (tertiary/aromatic N) is 2. The Balaban J connectivity index is 2.48. The topological polar surface area (TPSA) is 118 Å². The minimum Gasteiger partial charge on any atom is -0.461 e. The highest BCUT2D eigenvalue weighted by molar-refractivity contribution is 6.28. The van der Waals surface area contributed by atoms with Crippen LogP contribution in [0.15, 0.2) is 30.3 Å². The van der Waals surface area contributed by atoms with Gasteiger partial charge in [-0.15, -0.1) is 0 Å². The van der Waals surface area contributed by atoms with Gasteiger partial charge >= 0.3 is 18.3 Å². The summed E-state index contributed by atoms with van der Waals surface area (Å²) in [5.74, 6) is -1.00. The predicted molar refractivity (Wildman–Crippen MR) is 97.9 cm³/mol. The van der Waals surface area contributed by atoms with E-state index in [1.165, 1.54) is 0 Å². The number of rotatable bonds is 9. The lowest BCUT2D eigenvalue weighted by molar-refractivity contribution is -0.145. The van der Waals surface area contributed by atoms with Crippen LogP contribution in [0.4, 0.5) is 4.79 Å². The molecular formula is C19H25N3O5. The van der Waals surface area contributed by atoms with Gasteiger partial charge in [-0.2, -0.15) is 4.79 Å². The average Bonchev–Trinajstić information content (AvgIpc) is 2.58. The molecule has 0 spiro atoms. The zero-order valence-corrected chi connectivity index (χ0v) is 15.8. The molecule has 0 unspecified atom stereocenters. The maximum Gasteiger partial charge on any atom is 0.408 e. The lowest BCUT2D eigenvalue weighted by Crippen LogP contribution is -2.44. The van der Waals surface area contributed by atoms with Gasteiger partial charge in [-0.25, -0.2) is 4.79 Å². The summed E-state index contributed by atoms with van der Waals surface area (Å²) in [7, 11) is 0. The molecule has 1 amide bonds. The van der Waals surface area contributed by atoms with Crippen molar-refractivity contribution < 1.29 is 28.6 Å². The van der Waals surface area contributed by atoms with E-state index in [1.807, 2.05) is 30.3 Å². The van der Waals surface area contributed by atoms with E-state index in [9.17, 15) is 14.4 Å². The van der Waals surface area contributed by atoms with E-state index in [1.54, 1.807) is 20.8 Å². The van der Waals surface area contributed by atoms with E-state index in [-0.39, 0.29) is 19.4 Å². The number of hydrogen-bond acceptors (Lipinski definition) is 5. The molecule has 0 aromatic heterocycles. The first kappa shape index (κ1) is 22.1. The van der Waals surface area contributed by atoms with E-state index >= 15 is 0 Å². The van der Waals surface area contributed by atoms with Crippen LogP contribution in [0.5, 0.6) is 0 Å². The van der Waals surface area contributed by atoms with Gasteiger partial charge in [-0.1, -0.05) is 30.3 Å². The Morgan fingerprint density at radius 1 is 1.22 bits per heavy atom. The highest BCUT2D eigenvalue weighted by Gasteiger charge is 2.25. The van der Waals surface area contributed by atoms with Gasteiger partial charge < -0.3 is 20.3 Å². The maximum absolute atomic E-state index is 11.9. The monoisotopic (exact) mass is 375 g/mol. The number of carbonyl (C=O) groups excluding carboxylic acids is 3. The fraction of sp³-hybridized carbons (Fsp3) is 0.474. The molecule has 0 bridgehead atoms. The smallest absolute Gasteiger partial charge is 0.408 e. The molecule has 8 heteroatoms. The van der Waals surface area contributed by atoms with E-state index in [4.69, 9.17) is 15.0 Å². The lowest BCUT2D eigenvalue weighted by Gasteiger charge is -2.22. The molecule has 1 atom stereocenters. The molecular weight excluding hydrogens is 350 g/mol. The van der Waals surface area contributed by atoms with Gasteiger partial charge in [0.1, 0.15) is 18.2 Å². The molecule has 1 aromatic rings. The Hall–Kier alpha value is -2.99. The van der Waals surface area contributed by atoms with Gasteiger partial charge in [0.15, 0.2) is 0 Å². The second-order valence-electron chi connectivity index (χ2n) is 6.88. The summed E-state index contributed by atoms with van der Waals surface area (Å²) >= 11 is 0. The molecule has 146 valence electrons. The third-order valence-electron chi connectivity index (χ3n) is 3.34. The van der Waals surface area contributed by atoms with Crippen molar-refractivity contribution in [1.82, 2.24) is 5.32 Å². The first-order chi connectivity index (χ1) is 12.7. The number of ether oxygens (including phenoxy) is 2. The van der Waals surface area contributed by atoms with E-state index in [2.05, 4.69) is 10.1 Å². The highest BCUT2D eigenvalue weighted by atomic mass is 16.6. The van der Waals surface area contributed by atoms with Gasteiger partial charge in [-0.3, -0.25) is 9.59 Å².